The topological polar surface area (TPSA) is 114 Å². The van der Waals surface area contributed by atoms with Crippen molar-refractivity contribution in [2.45, 2.75) is 43.4 Å². The molecule has 1 heterocycles. The van der Waals surface area contributed by atoms with Crippen molar-refractivity contribution in [3.05, 3.63) is 59.7 Å². The fourth-order valence-electron chi connectivity index (χ4n) is 4.11. The highest BCUT2D eigenvalue weighted by atomic mass is 32.2. The van der Waals surface area contributed by atoms with Crippen LogP contribution >= 0.6 is 0 Å². The van der Waals surface area contributed by atoms with Gasteiger partial charge in [-0.1, -0.05) is 19.1 Å². The van der Waals surface area contributed by atoms with E-state index in [1.165, 1.54) is 19.2 Å². The number of carbonyl (C=O) groups excluding carboxylic acids is 2. The van der Waals surface area contributed by atoms with Crippen molar-refractivity contribution in [1.29, 1.82) is 0 Å². The number of hydrogen-bond donors (Lipinski definition) is 2. The van der Waals surface area contributed by atoms with E-state index in [-0.39, 0.29) is 29.9 Å². The Morgan fingerprint density at radius 2 is 1.78 bits per heavy atom. The molecule has 12 heteroatoms. The van der Waals surface area contributed by atoms with Gasteiger partial charge in [-0.25, -0.2) is 13.2 Å². The van der Waals surface area contributed by atoms with Gasteiger partial charge in [-0.3, -0.25) is 4.79 Å². The number of rotatable bonds is 11. The molecule has 0 spiro atoms. The lowest BCUT2D eigenvalue weighted by molar-refractivity contribution is -0.131. The van der Waals surface area contributed by atoms with Crippen LogP contribution in [0.15, 0.2) is 53.4 Å². The lowest BCUT2D eigenvalue weighted by Crippen LogP contribution is -2.34. The fourth-order valence-corrected chi connectivity index (χ4v) is 4.99. The molecule has 202 valence electrons. The maximum absolute atomic E-state index is 13.0. The van der Waals surface area contributed by atoms with E-state index in [0.29, 0.717) is 17.7 Å². The Kier molecular flexibility index (Phi) is 9.81. The average Bonchev–Trinajstić information content (AvgIpc) is 3.38. The molecule has 2 aromatic carbocycles. The van der Waals surface area contributed by atoms with Crippen molar-refractivity contribution in [3.63, 3.8) is 0 Å². The van der Waals surface area contributed by atoms with Gasteiger partial charge in [0.25, 0.3) is 5.91 Å². The summed E-state index contributed by atoms with van der Waals surface area (Å²) in [6.07, 6.45) is 0.912. The van der Waals surface area contributed by atoms with E-state index in [0.717, 1.165) is 18.5 Å². The average molecular weight is 540 g/mol. The quantitative estimate of drug-likeness (QED) is 0.449. The SMILES string of the molecule is CCS(=O)(=O)c1ccc([C@H](COC(=O)NC)NC(=O)c2ccc(N3CCC[C@H]3COC(F)F)cc2)cc1. The summed E-state index contributed by atoms with van der Waals surface area (Å²) in [5.74, 6) is -0.471. The summed E-state index contributed by atoms with van der Waals surface area (Å²) in [6.45, 7) is -0.823. The molecule has 9 nitrogen and oxygen atoms in total. The molecule has 2 N–H and O–H groups in total. The van der Waals surface area contributed by atoms with Gasteiger partial charge in [-0.2, -0.15) is 8.78 Å². The summed E-state index contributed by atoms with van der Waals surface area (Å²) < 4.78 is 58.8. The third kappa shape index (κ3) is 7.62. The number of sulfone groups is 1. The standard InChI is InChI=1S/C25H31F2N3O6S/c1-3-37(33,34)21-12-8-17(9-13-21)22(16-36-25(32)28-2)29-23(31)18-6-10-19(11-7-18)30-14-4-5-20(30)15-35-24(26)27/h6-13,20,22,24H,3-5,14-16H2,1-2H3,(H,28,32)(H,29,31)/t20-,22-/m0/s1. The molecule has 0 unspecified atom stereocenters. The van der Waals surface area contributed by atoms with E-state index in [2.05, 4.69) is 15.4 Å². The molecular weight excluding hydrogens is 508 g/mol. The summed E-state index contributed by atoms with van der Waals surface area (Å²) >= 11 is 0. The Labute approximate surface area is 215 Å². The lowest BCUT2D eigenvalue weighted by Gasteiger charge is -2.26. The predicted octanol–water partition coefficient (Wildman–Crippen LogP) is 3.52. The van der Waals surface area contributed by atoms with Gasteiger partial charge in [0.1, 0.15) is 6.61 Å². The van der Waals surface area contributed by atoms with Gasteiger partial charge >= 0.3 is 12.7 Å². The minimum absolute atomic E-state index is 0.0420. The zero-order valence-corrected chi connectivity index (χ0v) is 21.5. The van der Waals surface area contributed by atoms with E-state index in [4.69, 9.17) is 4.74 Å². The second kappa shape index (κ2) is 12.8. The van der Waals surface area contributed by atoms with Gasteiger partial charge in [-0.15, -0.1) is 0 Å². The highest BCUT2D eigenvalue weighted by molar-refractivity contribution is 7.91. The smallest absolute Gasteiger partial charge is 0.406 e. The molecule has 0 aromatic heterocycles. The van der Waals surface area contributed by atoms with Gasteiger partial charge in [0.2, 0.25) is 0 Å². The van der Waals surface area contributed by atoms with Crippen LogP contribution in [0.1, 0.15) is 41.7 Å². The summed E-state index contributed by atoms with van der Waals surface area (Å²) in [4.78, 5) is 26.8. The van der Waals surface area contributed by atoms with Gasteiger partial charge < -0.3 is 25.0 Å². The molecule has 1 aliphatic rings. The third-order valence-electron chi connectivity index (χ3n) is 6.17. The molecular formula is C25H31F2N3O6S. The number of benzene rings is 2. The highest BCUT2D eigenvalue weighted by Crippen LogP contribution is 2.27. The summed E-state index contributed by atoms with van der Waals surface area (Å²) in [5.41, 5.74) is 1.70. The molecule has 1 aliphatic heterocycles. The van der Waals surface area contributed by atoms with E-state index in [9.17, 15) is 26.8 Å². The second-order valence-electron chi connectivity index (χ2n) is 8.48. The van der Waals surface area contributed by atoms with Crippen LogP contribution in [-0.4, -0.2) is 65.6 Å². The first kappa shape index (κ1) is 28.3. The fraction of sp³-hybridized carbons (Fsp3) is 0.440. The number of ether oxygens (including phenoxy) is 2. The third-order valence-corrected chi connectivity index (χ3v) is 7.92. The second-order valence-corrected chi connectivity index (χ2v) is 10.8. The normalized spacial score (nSPS) is 16.5. The van der Waals surface area contributed by atoms with Crippen LogP contribution in [0.3, 0.4) is 0 Å². The van der Waals surface area contributed by atoms with Crippen molar-refractivity contribution >= 4 is 27.5 Å². The van der Waals surface area contributed by atoms with Gasteiger partial charge in [0.15, 0.2) is 9.84 Å². The first-order valence-corrected chi connectivity index (χ1v) is 13.5. The first-order valence-electron chi connectivity index (χ1n) is 11.9. The Morgan fingerprint density at radius 1 is 1.11 bits per heavy atom. The van der Waals surface area contributed by atoms with Crippen LogP contribution < -0.4 is 15.5 Å². The van der Waals surface area contributed by atoms with Crippen molar-refractivity contribution in [2.75, 3.05) is 37.5 Å². The van der Waals surface area contributed by atoms with Gasteiger partial charge in [0.05, 0.1) is 29.3 Å². The van der Waals surface area contributed by atoms with E-state index >= 15 is 0 Å². The minimum atomic E-state index is -3.39. The van der Waals surface area contributed by atoms with Gasteiger partial charge in [0, 0.05) is 24.8 Å². The number of alkyl carbamates (subject to hydrolysis) is 1. The highest BCUT2D eigenvalue weighted by Gasteiger charge is 2.26. The number of nitrogens with one attached hydrogen (secondary N) is 2. The minimum Gasteiger partial charge on any atom is -0.447 e. The van der Waals surface area contributed by atoms with Crippen LogP contribution in [0.25, 0.3) is 0 Å². The van der Waals surface area contributed by atoms with Crippen molar-refractivity contribution in [2.24, 2.45) is 0 Å². The van der Waals surface area contributed by atoms with Crippen LogP contribution in [0.5, 0.6) is 0 Å². The van der Waals surface area contributed by atoms with Crippen molar-refractivity contribution in [3.8, 4) is 0 Å². The Bertz CT molecular complexity index is 1160. The maximum Gasteiger partial charge on any atom is 0.406 e. The Morgan fingerprint density at radius 3 is 2.38 bits per heavy atom. The number of alkyl halides is 2. The van der Waals surface area contributed by atoms with E-state index in [1.807, 2.05) is 4.90 Å². The van der Waals surface area contributed by atoms with Crippen molar-refractivity contribution < 1.29 is 36.3 Å². The number of nitrogens with zero attached hydrogens (tertiary/aromatic N) is 1. The monoisotopic (exact) mass is 539 g/mol. The molecule has 0 radical (unpaired) electrons. The Hall–Kier alpha value is -3.25. The number of anilines is 1. The van der Waals surface area contributed by atoms with E-state index in [1.54, 1.807) is 43.3 Å². The largest absolute Gasteiger partial charge is 0.447 e. The molecule has 0 bridgehead atoms. The molecule has 0 aliphatic carbocycles. The first-order chi connectivity index (χ1) is 17.6. The summed E-state index contributed by atoms with van der Waals surface area (Å²) in [6, 6.07) is 11.9. The molecule has 1 fully saturated rings. The lowest BCUT2D eigenvalue weighted by atomic mass is 10.1. The molecule has 2 amide bonds. The predicted molar refractivity (Wildman–Crippen MR) is 134 cm³/mol. The number of carbonyl (C=O) groups is 2. The molecule has 2 atom stereocenters. The van der Waals surface area contributed by atoms with Crippen LogP contribution in [0.4, 0.5) is 19.3 Å². The van der Waals surface area contributed by atoms with Crippen LogP contribution in [-0.2, 0) is 19.3 Å². The maximum atomic E-state index is 13.0. The van der Waals surface area contributed by atoms with Crippen LogP contribution in [0, 0.1) is 0 Å². The summed E-state index contributed by atoms with van der Waals surface area (Å²) in [5, 5.41) is 5.16. The number of halogens is 2. The van der Waals surface area contributed by atoms with Crippen molar-refractivity contribution in [1.82, 2.24) is 10.6 Å². The molecule has 3 rings (SSSR count). The molecule has 0 saturated carbocycles. The zero-order chi connectivity index (χ0) is 27.0. The molecule has 2 aromatic rings. The van der Waals surface area contributed by atoms with Gasteiger partial charge in [-0.05, 0) is 54.8 Å². The Balaban J connectivity index is 1.73. The number of amides is 2. The van der Waals surface area contributed by atoms with Crippen LogP contribution in [0.2, 0.25) is 0 Å². The molecule has 37 heavy (non-hydrogen) atoms. The zero-order valence-electron chi connectivity index (χ0n) is 20.7. The molecule has 1 saturated heterocycles. The summed E-state index contributed by atoms with van der Waals surface area (Å²) in [7, 11) is -1.98. The number of hydrogen-bond acceptors (Lipinski definition) is 7. The van der Waals surface area contributed by atoms with E-state index < -0.39 is 34.5 Å².